The molecule has 0 aliphatic heterocycles. The highest BCUT2D eigenvalue weighted by atomic mass is 16.5. The number of amides is 1. The quantitative estimate of drug-likeness (QED) is 0.704. The summed E-state index contributed by atoms with van der Waals surface area (Å²) in [5.41, 5.74) is 6.45. The van der Waals surface area contributed by atoms with Gasteiger partial charge in [0.05, 0.1) is 26.9 Å². The lowest BCUT2D eigenvalue weighted by atomic mass is 10.1. The second-order valence-electron chi connectivity index (χ2n) is 4.82. The zero-order valence-corrected chi connectivity index (χ0v) is 12.7. The number of nitrogens with zero attached hydrogens (tertiary/aromatic N) is 1. The number of carbonyl (C=O) groups excluding carboxylic acids is 1. The van der Waals surface area contributed by atoms with Gasteiger partial charge in [-0.2, -0.15) is 0 Å². The molecule has 2 rings (SSSR count). The van der Waals surface area contributed by atoms with Gasteiger partial charge in [0.2, 0.25) is 0 Å². The lowest BCUT2D eigenvalue weighted by molar-refractivity contribution is 0.0987. The van der Waals surface area contributed by atoms with E-state index in [9.17, 15) is 15.0 Å². The lowest BCUT2D eigenvalue weighted by Gasteiger charge is -2.12. The molecule has 0 aliphatic carbocycles. The van der Waals surface area contributed by atoms with Gasteiger partial charge in [0.1, 0.15) is 5.75 Å². The number of carbonyl (C=O) groups is 1. The standard InChI is InChI=1S/C16H18N2O5/c1-22-12-4-2-10(3-5-12)8-23-9-11-6-18-14(16(17)21)15(20)13(11)7-19/h2-6,19-20H,7-9H2,1H3,(H2,17,21). The summed E-state index contributed by atoms with van der Waals surface area (Å²) in [5, 5.41) is 19.3. The Kier molecular flexibility index (Phi) is 5.51. The predicted octanol–water partition coefficient (Wildman–Crippen LogP) is 1.10. The number of ether oxygens (including phenoxy) is 2. The second-order valence-corrected chi connectivity index (χ2v) is 4.82. The van der Waals surface area contributed by atoms with Gasteiger partial charge in [-0.3, -0.25) is 4.79 Å². The molecule has 0 bridgehead atoms. The van der Waals surface area contributed by atoms with Crippen LogP contribution in [0.5, 0.6) is 11.5 Å². The molecule has 0 atom stereocenters. The van der Waals surface area contributed by atoms with Crippen LogP contribution >= 0.6 is 0 Å². The molecule has 1 heterocycles. The number of nitrogens with two attached hydrogens (primary N) is 1. The number of aromatic hydroxyl groups is 1. The number of rotatable bonds is 7. The molecule has 23 heavy (non-hydrogen) atoms. The maximum atomic E-state index is 11.1. The largest absolute Gasteiger partial charge is 0.505 e. The van der Waals surface area contributed by atoms with E-state index >= 15 is 0 Å². The molecule has 0 aliphatic rings. The highest BCUT2D eigenvalue weighted by Gasteiger charge is 2.17. The van der Waals surface area contributed by atoms with Crippen LogP contribution in [0.3, 0.4) is 0 Å². The molecule has 0 fully saturated rings. The Labute approximate surface area is 133 Å². The molecule has 0 saturated heterocycles. The number of hydrogen-bond donors (Lipinski definition) is 3. The van der Waals surface area contributed by atoms with Gasteiger partial charge < -0.3 is 25.4 Å². The summed E-state index contributed by atoms with van der Waals surface area (Å²) >= 11 is 0. The Balaban J connectivity index is 2.05. The van der Waals surface area contributed by atoms with E-state index in [1.807, 2.05) is 24.3 Å². The maximum absolute atomic E-state index is 11.1. The molecule has 0 spiro atoms. The van der Waals surface area contributed by atoms with Crippen LogP contribution in [0.15, 0.2) is 30.5 Å². The van der Waals surface area contributed by atoms with Crippen LogP contribution < -0.4 is 10.5 Å². The van der Waals surface area contributed by atoms with E-state index in [0.717, 1.165) is 11.3 Å². The van der Waals surface area contributed by atoms with Gasteiger partial charge in [0.15, 0.2) is 11.4 Å². The highest BCUT2D eigenvalue weighted by molar-refractivity contribution is 5.93. The number of aliphatic hydroxyl groups is 1. The van der Waals surface area contributed by atoms with E-state index in [1.54, 1.807) is 7.11 Å². The van der Waals surface area contributed by atoms with Gasteiger partial charge in [-0.05, 0) is 17.7 Å². The molecule has 0 unspecified atom stereocenters. The van der Waals surface area contributed by atoms with Crippen LogP contribution in [0, 0.1) is 0 Å². The molecule has 0 radical (unpaired) electrons. The van der Waals surface area contributed by atoms with Crippen LogP contribution in [0.4, 0.5) is 0 Å². The fourth-order valence-electron chi connectivity index (χ4n) is 2.06. The average Bonchev–Trinajstić information content (AvgIpc) is 2.55. The van der Waals surface area contributed by atoms with Gasteiger partial charge in [-0.25, -0.2) is 4.98 Å². The van der Waals surface area contributed by atoms with E-state index in [1.165, 1.54) is 6.20 Å². The average molecular weight is 318 g/mol. The van der Waals surface area contributed by atoms with Crippen molar-refractivity contribution in [2.24, 2.45) is 5.73 Å². The first kappa shape index (κ1) is 16.7. The Bertz CT molecular complexity index is 686. The summed E-state index contributed by atoms with van der Waals surface area (Å²) in [4.78, 5) is 14.9. The summed E-state index contributed by atoms with van der Waals surface area (Å²) in [6.45, 7) is 0.0184. The second kappa shape index (κ2) is 7.57. The Morgan fingerprint density at radius 2 is 1.96 bits per heavy atom. The fraction of sp³-hybridized carbons (Fsp3) is 0.250. The van der Waals surface area contributed by atoms with Crippen LogP contribution in [-0.2, 0) is 24.6 Å². The number of aromatic nitrogens is 1. The van der Waals surface area contributed by atoms with E-state index < -0.39 is 18.3 Å². The summed E-state index contributed by atoms with van der Waals surface area (Å²) in [6, 6.07) is 7.40. The Hall–Kier alpha value is -2.64. The molecule has 7 nitrogen and oxygen atoms in total. The predicted molar refractivity (Wildman–Crippen MR) is 81.8 cm³/mol. The van der Waals surface area contributed by atoms with E-state index in [2.05, 4.69) is 4.98 Å². The van der Waals surface area contributed by atoms with E-state index in [-0.39, 0.29) is 17.9 Å². The first-order valence-electron chi connectivity index (χ1n) is 6.87. The third kappa shape index (κ3) is 3.97. The summed E-state index contributed by atoms with van der Waals surface area (Å²) in [6.07, 6.45) is 1.36. The van der Waals surface area contributed by atoms with Crippen molar-refractivity contribution in [1.82, 2.24) is 4.98 Å². The van der Waals surface area contributed by atoms with Crippen molar-refractivity contribution in [2.75, 3.05) is 7.11 Å². The molecule has 0 saturated carbocycles. The number of pyridine rings is 1. The smallest absolute Gasteiger partial charge is 0.271 e. The summed E-state index contributed by atoms with van der Waals surface area (Å²) in [5.74, 6) is -0.513. The van der Waals surface area contributed by atoms with Crippen molar-refractivity contribution >= 4 is 5.91 Å². The van der Waals surface area contributed by atoms with Crippen molar-refractivity contribution in [2.45, 2.75) is 19.8 Å². The summed E-state index contributed by atoms with van der Waals surface area (Å²) < 4.78 is 10.6. The van der Waals surface area contributed by atoms with Gasteiger partial charge in [0, 0.05) is 17.3 Å². The van der Waals surface area contributed by atoms with E-state index in [0.29, 0.717) is 12.2 Å². The van der Waals surface area contributed by atoms with Crippen LogP contribution in [0.2, 0.25) is 0 Å². The number of primary amides is 1. The molecular weight excluding hydrogens is 300 g/mol. The third-order valence-electron chi connectivity index (χ3n) is 3.32. The summed E-state index contributed by atoms with van der Waals surface area (Å²) in [7, 11) is 1.59. The minimum atomic E-state index is -0.858. The molecule has 4 N–H and O–H groups in total. The zero-order valence-electron chi connectivity index (χ0n) is 12.7. The zero-order chi connectivity index (χ0) is 16.8. The molecular formula is C16H18N2O5. The van der Waals surface area contributed by atoms with E-state index in [4.69, 9.17) is 15.2 Å². The van der Waals surface area contributed by atoms with Crippen molar-refractivity contribution in [3.05, 3.63) is 52.8 Å². The minimum Gasteiger partial charge on any atom is -0.505 e. The SMILES string of the molecule is COc1ccc(COCc2cnc(C(N)=O)c(O)c2CO)cc1. The molecule has 2 aromatic rings. The van der Waals surface area contributed by atoms with Gasteiger partial charge in [-0.15, -0.1) is 0 Å². The lowest BCUT2D eigenvalue weighted by Crippen LogP contribution is -2.15. The van der Waals surface area contributed by atoms with Crippen LogP contribution in [0.1, 0.15) is 27.2 Å². The third-order valence-corrected chi connectivity index (χ3v) is 3.32. The first-order chi connectivity index (χ1) is 11.1. The minimum absolute atomic E-state index is 0.127. The maximum Gasteiger partial charge on any atom is 0.271 e. The molecule has 1 aromatic heterocycles. The molecule has 122 valence electrons. The molecule has 7 heteroatoms. The monoisotopic (exact) mass is 318 g/mol. The first-order valence-corrected chi connectivity index (χ1v) is 6.87. The Morgan fingerprint density at radius 1 is 1.26 bits per heavy atom. The number of hydrogen-bond acceptors (Lipinski definition) is 6. The van der Waals surface area contributed by atoms with Crippen molar-refractivity contribution in [1.29, 1.82) is 0 Å². The van der Waals surface area contributed by atoms with Crippen LogP contribution in [-0.4, -0.2) is 28.2 Å². The number of benzene rings is 1. The molecule has 1 amide bonds. The van der Waals surface area contributed by atoms with Crippen molar-refractivity contribution in [3.8, 4) is 11.5 Å². The van der Waals surface area contributed by atoms with Gasteiger partial charge in [-0.1, -0.05) is 12.1 Å². The fourth-order valence-corrected chi connectivity index (χ4v) is 2.06. The highest BCUT2D eigenvalue weighted by Crippen LogP contribution is 2.25. The van der Waals surface area contributed by atoms with Crippen molar-refractivity contribution < 1.29 is 24.5 Å². The normalized spacial score (nSPS) is 10.5. The number of methoxy groups -OCH3 is 1. The van der Waals surface area contributed by atoms with Gasteiger partial charge >= 0.3 is 0 Å². The number of aliphatic hydroxyl groups excluding tert-OH is 1. The Morgan fingerprint density at radius 3 is 2.52 bits per heavy atom. The topological polar surface area (TPSA) is 115 Å². The molecule has 1 aromatic carbocycles. The van der Waals surface area contributed by atoms with Crippen LogP contribution in [0.25, 0.3) is 0 Å². The van der Waals surface area contributed by atoms with Gasteiger partial charge in [0.25, 0.3) is 5.91 Å². The van der Waals surface area contributed by atoms with Crippen molar-refractivity contribution in [3.63, 3.8) is 0 Å².